The Morgan fingerprint density at radius 3 is 1.24 bits per heavy atom. The summed E-state index contributed by atoms with van der Waals surface area (Å²) in [4.78, 5) is 0. The van der Waals surface area contributed by atoms with Crippen molar-refractivity contribution < 1.29 is 8.78 Å². The zero-order chi connectivity index (χ0) is 12.5. The lowest BCUT2D eigenvalue weighted by molar-refractivity contribution is 0.0428. The summed E-state index contributed by atoms with van der Waals surface area (Å²) in [5.41, 5.74) is 2.03. The Morgan fingerprint density at radius 1 is 0.647 bits per heavy atom. The molecule has 2 rings (SSSR count). The fourth-order valence-corrected chi connectivity index (χ4v) is 1.69. The average Bonchev–Trinajstić information content (AvgIpc) is 2.30. The van der Waals surface area contributed by atoms with E-state index < -0.39 is 5.92 Å². The van der Waals surface area contributed by atoms with Crippen molar-refractivity contribution in [1.29, 1.82) is 0 Å². The number of hydrogen-bond acceptors (Lipinski definition) is 0. The molecular weight excluding hydrogens is 218 g/mol. The highest BCUT2D eigenvalue weighted by atomic mass is 19.3. The van der Waals surface area contributed by atoms with Gasteiger partial charge in [0.15, 0.2) is 0 Å². The molecule has 0 aliphatic carbocycles. The van der Waals surface area contributed by atoms with Crippen LogP contribution in [0, 0.1) is 13.8 Å². The first-order valence-electron chi connectivity index (χ1n) is 5.52. The summed E-state index contributed by atoms with van der Waals surface area (Å²) in [7, 11) is 0. The summed E-state index contributed by atoms with van der Waals surface area (Å²) in [5, 5.41) is 0. The maximum absolute atomic E-state index is 14.2. The summed E-state index contributed by atoms with van der Waals surface area (Å²) >= 11 is 0. The topological polar surface area (TPSA) is 0 Å². The molecule has 2 aromatic rings. The van der Waals surface area contributed by atoms with Crippen molar-refractivity contribution in [2.45, 2.75) is 19.8 Å². The molecule has 0 fully saturated rings. The van der Waals surface area contributed by atoms with Crippen LogP contribution in [0.15, 0.2) is 48.5 Å². The molecule has 0 aromatic heterocycles. The fraction of sp³-hybridized carbons (Fsp3) is 0.200. The largest absolute Gasteiger partial charge is 0.298 e. The quantitative estimate of drug-likeness (QED) is 0.718. The molecule has 0 N–H and O–H groups in total. The molecular formula is C15H14F2. The van der Waals surface area contributed by atoms with Crippen LogP contribution in [0.3, 0.4) is 0 Å². The summed E-state index contributed by atoms with van der Waals surface area (Å²) in [5.74, 6) is -2.93. The van der Waals surface area contributed by atoms with Gasteiger partial charge in [0.05, 0.1) is 0 Å². The minimum Gasteiger partial charge on any atom is -0.196 e. The van der Waals surface area contributed by atoms with Gasteiger partial charge in [-0.3, -0.25) is 0 Å². The van der Waals surface area contributed by atoms with Crippen LogP contribution in [0.4, 0.5) is 8.78 Å². The van der Waals surface area contributed by atoms with E-state index in [1.807, 2.05) is 13.8 Å². The van der Waals surface area contributed by atoms with E-state index in [0.717, 1.165) is 11.1 Å². The molecule has 2 aromatic carbocycles. The lowest BCUT2D eigenvalue weighted by atomic mass is 9.99. The second-order valence-electron chi connectivity index (χ2n) is 4.31. The predicted octanol–water partition coefficient (Wildman–Crippen LogP) is 4.44. The SMILES string of the molecule is Cc1ccc(C(F)(F)c2ccc(C)cc2)cc1. The Bertz CT molecular complexity index is 448. The van der Waals surface area contributed by atoms with Crippen LogP contribution in [0.5, 0.6) is 0 Å². The van der Waals surface area contributed by atoms with Gasteiger partial charge in [0.2, 0.25) is 0 Å². The van der Waals surface area contributed by atoms with Gasteiger partial charge in [-0.05, 0) is 13.8 Å². The van der Waals surface area contributed by atoms with E-state index in [1.54, 1.807) is 24.3 Å². The molecule has 0 aliphatic rings. The van der Waals surface area contributed by atoms with Gasteiger partial charge in [-0.25, -0.2) is 0 Å². The first-order chi connectivity index (χ1) is 8.00. The average molecular weight is 232 g/mol. The van der Waals surface area contributed by atoms with Crippen LogP contribution >= 0.6 is 0 Å². The second-order valence-corrected chi connectivity index (χ2v) is 4.31. The molecule has 0 saturated heterocycles. The third kappa shape index (κ3) is 2.36. The molecule has 0 saturated carbocycles. The van der Waals surface area contributed by atoms with E-state index in [4.69, 9.17) is 0 Å². The molecule has 0 atom stereocenters. The molecule has 17 heavy (non-hydrogen) atoms. The molecule has 0 spiro atoms. The van der Waals surface area contributed by atoms with Crippen LogP contribution in [0.2, 0.25) is 0 Å². The van der Waals surface area contributed by atoms with E-state index in [-0.39, 0.29) is 11.1 Å². The zero-order valence-corrected chi connectivity index (χ0v) is 9.87. The van der Waals surface area contributed by atoms with Gasteiger partial charge in [-0.15, -0.1) is 0 Å². The highest BCUT2D eigenvalue weighted by Gasteiger charge is 2.33. The lowest BCUT2D eigenvalue weighted by Gasteiger charge is -2.17. The monoisotopic (exact) mass is 232 g/mol. The Balaban J connectivity index is 2.41. The third-order valence-corrected chi connectivity index (χ3v) is 2.83. The van der Waals surface area contributed by atoms with Gasteiger partial charge in [0.1, 0.15) is 0 Å². The summed E-state index contributed by atoms with van der Waals surface area (Å²) in [6.45, 7) is 3.77. The van der Waals surface area contributed by atoms with Gasteiger partial charge in [-0.1, -0.05) is 59.7 Å². The smallest absolute Gasteiger partial charge is 0.196 e. The molecule has 0 heterocycles. The maximum Gasteiger partial charge on any atom is 0.298 e. The summed E-state index contributed by atoms with van der Waals surface area (Å²) in [6, 6.07) is 12.7. The van der Waals surface area contributed by atoms with Crippen molar-refractivity contribution >= 4 is 0 Å². The lowest BCUT2D eigenvalue weighted by Crippen LogP contribution is -2.15. The van der Waals surface area contributed by atoms with Crippen molar-refractivity contribution in [2.24, 2.45) is 0 Å². The molecule has 0 nitrogen and oxygen atoms in total. The number of halogens is 2. The zero-order valence-electron chi connectivity index (χ0n) is 9.87. The van der Waals surface area contributed by atoms with Gasteiger partial charge in [-0.2, -0.15) is 8.78 Å². The fourth-order valence-electron chi connectivity index (χ4n) is 1.69. The Labute approximate surface area is 99.9 Å². The molecule has 0 radical (unpaired) electrons. The first kappa shape index (κ1) is 11.8. The minimum absolute atomic E-state index is 0.0342. The van der Waals surface area contributed by atoms with E-state index in [2.05, 4.69) is 0 Å². The normalized spacial score (nSPS) is 11.5. The Kier molecular flexibility index (Phi) is 2.97. The predicted molar refractivity (Wildman–Crippen MR) is 65.4 cm³/mol. The molecule has 0 bridgehead atoms. The highest BCUT2D eigenvalue weighted by molar-refractivity contribution is 5.35. The summed E-state index contributed by atoms with van der Waals surface area (Å²) in [6.07, 6.45) is 0. The minimum atomic E-state index is -2.93. The molecule has 0 unspecified atom stereocenters. The Hall–Kier alpha value is -1.70. The van der Waals surface area contributed by atoms with Crippen molar-refractivity contribution in [1.82, 2.24) is 0 Å². The van der Waals surface area contributed by atoms with Crippen molar-refractivity contribution in [3.8, 4) is 0 Å². The molecule has 2 heteroatoms. The highest BCUT2D eigenvalue weighted by Crippen LogP contribution is 2.35. The van der Waals surface area contributed by atoms with Gasteiger partial charge < -0.3 is 0 Å². The van der Waals surface area contributed by atoms with E-state index in [1.165, 1.54) is 24.3 Å². The number of aryl methyl sites for hydroxylation is 2. The van der Waals surface area contributed by atoms with E-state index in [9.17, 15) is 8.78 Å². The maximum atomic E-state index is 14.2. The van der Waals surface area contributed by atoms with Crippen LogP contribution in [-0.4, -0.2) is 0 Å². The van der Waals surface area contributed by atoms with Crippen LogP contribution < -0.4 is 0 Å². The standard InChI is InChI=1S/C15H14F2/c1-11-3-7-13(8-4-11)15(16,17)14-9-5-12(2)6-10-14/h3-10H,1-2H3. The van der Waals surface area contributed by atoms with E-state index >= 15 is 0 Å². The van der Waals surface area contributed by atoms with Crippen LogP contribution in [-0.2, 0) is 5.92 Å². The molecule has 0 amide bonds. The van der Waals surface area contributed by atoms with Crippen LogP contribution in [0.1, 0.15) is 22.3 Å². The Morgan fingerprint density at radius 2 is 0.941 bits per heavy atom. The van der Waals surface area contributed by atoms with Gasteiger partial charge in [0, 0.05) is 11.1 Å². The number of benzene rings is 2. The number of alkyl halides is 2. The second kappa shape index (κ2) is 4.28. The molecule has 0 aliphatic heterocycles. The van der Waals surface area contributed by atoms with Gasteiger partial charge in [0.25, 0.3) is 5.92 Å². The molecule has 88 valence electrons. The van der Waals surface area contributed by atoms with Crippen molar-refractivity contribution in [3.63, 3.8) is 0 Å². The van der Waals surface area contributed by atoms with Crippen molar-refractivity contribution in [2.75, 3.05) is 0 Å². The third-order valence-electron chi connectivity index (χ3n) is 2.83. The number of rotatable bonds is 2. The number of hydrogen-bond donors (Lipinski definition) is 0. The van der Waals surface area contributed by atoms with E-state index in [0.29, 0.717) is 0 Å². The first-order valence-corrected chi connectivity index (χ1v) is 5.52. The van der Waals surface area contributed by atoms with Gasteiger partial charge >= 0.3 is 0 Å². The van der Waals surface area contributed by atoms with Crippen molar-refractivity contribution in [3.05, 3.63) is 70.8 Å². The van der Waals surface area contributed by atoms with Crippen LogP contribution in [0.25, 0.3) is 0 Å². The summed E-state index contributed by atoms with van der Waals surface area (Å²) < 4.78 is 28.3.